The van der Waals surface area contributed by atoms with Crippen molar-refractivity contribution in [1.29, 1.82) is 5.26 Å². The Morgan fingerprint density at radius 1 is 0.960 bits per heavy atom. The molecule has 3 rings (SSSR count). The number of nitrogens with one attached hydrogen (secondary N) is 1. The molecule has 124 valence electrons. The van der Waals surface area contributed by atoms with Gasteiger partial charge in [0.05, 0.1) is 7.11 Å². The van der Waals surface area contributed by atoms with Gasteiger partial charge in [-0.2, -0.15) is 5.26 Å². The molecule has 0 saturated carbocycles. The molecule has 1 N–H and O–H groups in total. The second-order valence-electron chi connectivity index (χ2n) is 5.27. The third-order valence-electron chi connectivity index (χ3n) is 3.56. The lowest BCUT2D eigenvalue weighted by Crippen LogP contribution is -2.01. The van der Waals surface area contributed by atoms with E-state index in [0.717, 1.165) is 11.3 Å². The molecule has 0 saturated heterocycles. The Morgan fingerprint density at radius 2 is 1.72 bits per heavy atom. The van der Waals surface area contributed by atoms with E-state index in [4.69, 9.17) is 14.7 Å². The predicted octanol–water partition coefficient (Wildman–Crippen LogP) is 4.37. The summed E-state index contributed by atoms with van der Waals surface area (Å²) in [5.41, 5.74) is 1.47. The van der Waals surface area contributed by atoms with Gasteiger partial charge in [0, 0.05) is 6.54 Å². The molecule has 0 fully saturated rings. The number of pyridine rings is 1. The first-order valence-corrected chi connectivity index (χ1v) is 7.79. The van der Waals surface area contributed by atoms with Gasteiger partial charge in [0.15, 0.2) is 11.5 Å². The molecule has 3 aromatic rings. The molecule has 0 unspecified atom stereocenters. The highest BCUT2D eigenvalue weighted by molar-refractivity contribution is 5.43. The summed E-state index contributed by atoms with van der Waals surface area (Å²) in [6.07, 6.45) is 0. The van der Waals surface area contributed by atoms with Gasteiger partial charge in [-0.3, -0.25) is 0 Å². The van der Waals surface area contributed by atoms with Crippen LogP contribution in [0.3, 0.4) is 0 Å². The molecule has 0 aliphatic carbocycles. The van der Waals surface area contributed by atoms with Crippen LogP contribution in [0.15, 0.2) is 66.7 Å². The van der Waals surface area contributed by atoms with Crippen molar-refractivity contribution in [2.45, 2.75) is 6.54 Å². The van der Waals surface area contributed by atoms with E-state index < -0.39 is 0 Å². The molecule has 0 aliphatic rings. The Morgan fingerprint density at radius 3 is 2.44 bits per heavy atom. The highest BCUT2D eigenvalue weighted by Crippen LogP contribution is 2.30. The Hall–Kier alpha value is -3.52. The summed E-state index contributed by atoms with van der Waals surface area (Å²) in [6.45, 7) is 0.608. The van der Waals surface area contributed by atoms with Crippen molar-refractivity contribution >= 4 is 5.82 Å². The SMILES string of the molecule is COc1ccccc1Oc1ccc(CNc2cccc(C#N)n2)cc1. The monoisotopic (exact) mass is 331 g/mol. The van der Waals surface area contributed by atoms with Crippen molar-refractivity contribution < 1.29 is 9.47 Å². The largest absolute Gasteiger partial charge is 0.493 e. The number of nitriles is 1. The maximum absolute atomic E-state index is 8.87. The summed E-state index contributed by atoms with van der Waals surface area (Å²) in [4.78, 5) is 4.19. The second kappa shape index (κ2) is 7.84. The molecule has 1 heterocycles. The number of anilines is 1. The molecular weight excluding hydrogens is 314 g/mol. The van der Waals surface area contributed by atoms with Crippen LogP contribution < -0.4 is 14.8 Å². The first kappa shape index (κ1) is 16.3. The lowest BCUT2D eigenvalue weighted by atomic mass is 10.2. The highest BCUT2D eigenvalue weighted by atomic mass is 16.5. The van der Waals surface area contributed by atoms with Gasteiger partial charge in [0.1, 0.15) is 23.3 Å². The Bertz CT molecular complexity index is 886. The molecular formula is C20H17N3O2. The normalized spacial score (nSPS) is 9.92. The van der Waals surface area contributed by atoms with E-state index in [1.807, 2.05) is 60.7 Å². The number of rotatable bonds is 6. The van der Waals surface area contributed by atoms with Crippen LogP contribution in [0.2, 0.25) is 0 Å². The van der Waals surface area contributed by atoms with Crippen LogP contribution in [-0.4, -0.2) is 12.1 Å². The number of hydrogen-bond acceptors (Lipinski definition) is 5. The fraction of sp³-hybridized carbons (Fsp3) is 0.100. The molecule has 5 nitrogen and oxygen atoms in total. The van der Waals surface area contributed by atoms with E-state index in [1.54, 1.807) is 19.2 Å². The molecule has 0 radical (unpaired) electrons. The van der Waals surface area contributed by atoms with Crippen molar-refractivity contribution in [3.05, 3.63) is 78.0 Å². The summed E-state index contributed by atoms with van der Waals surface area (Å²) in [7, 11) is 1.62. The molecule has 0 atom stereocenters. The van der Waals surface area contributed by atoms with Gasteiger partial charge in [-0.05, 0) is 42.0 Å². The smallest absolute Gasteiger partial charge is 0.169 e. The maximum atomic E-state index is 8.87. The van der Waals surface area contributed by atoms with Crippen molar-refractivity contribution in [1.82, 2.24) is 4.98 Å². The molecule has 2 aromatic carbocycles. The van der Waals surface area contributed by atoms with E-state index in [-0.39, 0.29) is 0 Å². The van der Waals surface area contributed by atoms with E-state index in [9.17, 15) is 0 Å². The van der Waals surface area contributed by atoms with Crippen molar-refractivity contribution in [3.8, 4) is 23.3 Å². The standard InChI is InChI=1S/C20H17N3O2/c1-24-18-6-2-3-7-19(18)25-17-11-9-15(10-12-17)14-22-20-8-4-5-16(13-21)23-20/h2-12H,14H2,1H3,(H,22,23). The van der Waals surface area contributed by atoms with Crippen LogP contribution in [0, 0.1) is 11.3 Å². The first-order valence-electron chi connectivity index (χ1n) is 7.79. The van der Waals surface area contributed by atoms with Gasteiger partial charge in [0.25, 0.3) is 0 Å². The number of methoxy groups -OCH3 is 1. The fourth-order valence-corrected chi connectivity index (χ4v) is 2.29. The number of ether oxygens (including phenoxy) is 2. The summed E-state index contributed by atoms with van der Waals surface area (Å²) in [5, 5.41) is 12.1. The van der Waals surface area contributed by atoms with E-state index in [0.29, 0.717) is 29.6 Å². The van der Waals surface area contributed by atoms with Crippen LogP contribution in [-0.2, 0) is 6.54 Å². The molecule has 0 aliphatic heterocycles. The third-order valence-corrected chi connectivity index (χ3v) is 3.56. The summed E-state index contributed by atoms with van der Waals surface area (Å²) >= 11 is 0. The lowest BCUT2D eigenvalue weighted by Gasteiger charge is -2.11. The number of para-hydroxylation sites is 2. The van der Waals surface area contributed by atoms with E-state index in [1.165, 1.54) is 0 Å². The summed E-state index contributed by atoms with van der Waals surface area (Å²) < 4.78 is 11.1. The van der Waals surface area contributed by atoms with Crippen LogP contribution in [0.4, 0.5) is 5.82 Å². The minimum atomic E-state index is 0.394. The number of hydrogen-bond donors (Lipinski definition) is 1. The summed E-state index contributed by atoms with van der Waals surface area (Å²) in [6, 6.07) is 22.6. The van der Waals surface area contributed by atoms with Crippen molar-refractivity contribution in [2.75, 3.05) is 12.4 Å². The molecule has 0 amide bonds. The first-order chi connectivity index (χ1) is 12.3. The Labute approximate surface area is 146 Å². The van der Waals surface area contributed by atoms with Gasteiger partial charge in [-0.25, -0.2) is 4.98 Å². The van der Waals surface area contributed by atoms with Gasteiger partial charge in [-0.1, -0.05) is 30.3 Å². The van der Waals surface area contributed by atoms with E-state index >= 15 is 0 Å². The average molecular weight is 331 g/mol. The fourth-order valence-electron chi connectivity index (χ4n) is 2.29. The van der Waals surface area contributed by atoms with Gasteiger partial charge < -0.3 is 14.8 Å². The highest BCUT2D eigenvalue weighted by Gasteiger charge is 2.04. The molecule has 25 heavy (non-hydrogen) atoms. The van der Waals surface area contributed by atoms with Crippen LogP contribution >= 0.6 is 0 Å². The van der Waals surface area contributed by atoms with Crippen molar-refractivity contribution in [2.24, 2.45) is 0 Å². The topological polar surface area (TPSA) is 67.2 Å². The average Bonchev–Trinajstić information content (AvgIpc) is 2.68. The molecule has 1 aromatic heterocycles. The zero-order chi connectivity index (χ0) is 17.5. The zero-order valence-electron chi connectivity index (χ0n) is 13.8. The number of nitrogens with zero attached hydrogens (tertiary/aromatic N) is 2. The van der Waals surface area contributed by atoms with Gasteiger partial charge in [-0.15, -0.1) is 0 Å². The van der Waals surface area contributed by atoms with Gasteiger partial charge >= 0.3 is 0 Å². The lowest BCUT2D eigenvalue weighted by molar-refractivity contribution is 0.379. The Balaban J connectivity index is 1.63. The van der Waals surface area contributed by atoms with E-state index in [2.05, 4.69) is 10.3 Å². The Kier molecular flexibility index (Phi) is 5.13. The minimum absolute atomic E-state index is 0.394. The predicted molar refractivity (Wildman–Crippen MR) is 95.8 cm³/mol. The summed E-state index contributed by atoms with van der Waals surface area (Å²) in [5.74, 6) is 2.77. The quantitative estimate of drug-likeness (QED) is 0.726. The molecule has 0 spiro atoms. The van der Waals surface area contributed by atoms with Crippen LogP contribution in [0.1, 0.15) is 11.3 Å². The molecule has 5 heteroatoms. The second-order valence-corrected chi connectivity index (χ2v) is 5.27. The minimum Gasteiger partial charge on any atom is -0.493 e. The molecule has 0 bridgehead atoms. The zero-order valence-corrected chi connectivity index (χ0v) is 13.8. The maximum Gasteiger partial charge on any atom is 0.169 e. The van der Waals surface area contributed by atoms with Crippen molar-refractivity contribution in [3.63, 3.8) is 0 Å². The third kappa shape index (κ3) is 4.27. The van der Waals surface area contributed by atoms with Crippen LogP contribution in [0.5, 0.6) is 17.2 Å². The van der Waals surface area contributed by atoms with Gasteiger partial charge in [0.2, 0.25) is 0 Å². The number of aromatic nitrogens is 1. The van der Waals surface area contributed by atoms with Crippen LogP contribution in [0.25, 0.3) is 0 Å². The number of benzene rings is 2.